The van der Waals surface area contributed by atoms with Crippen molar-refractivity contribution in [3.8, 4) is 5.75 Å². The zero-order valence-electron chi connectivity index (χ0n) is 15.0. The molecule has 0 aliphatic rings. The van der Waals surface area contributed by atoms with Gasteiger partial charge in [0.1, 0.15) is 23.8 Å². The summed E-state index contributed by atoms with van der Waals surface area (Å²) in [6, 6.07) is 8.51. The molecule has 140 valence electrons. The molecule has 0 aliphatic carbocycles. The summed E-state index contributed by atoms with van der Waals surface area (Å²) in [4.78, 5) is 24.2. The highest BCUT2D eigenvalue weighted by Gasteiger charge is 2.16. The van der Waals surface area contributed by atoms with Crippen LogP contribution in [-0.2, 0) is 0 Å². The predicted octanol–water partition coefficient (Wildman–Crippen LogP) is 3.14. The van der Waals surface area contributed by atoms with Gasteiger partial charge in [-0.05, 0) is 55.3 Å². The van der Waals surface area contributed by atoms with Crippen LogP contribution in [-0.4, -0.2) is 19.1 Å². The molecular formula is C20H19FN2O4. The third kappa shape index (κ3) is 3.98. The van der Waals surface area contributed by atoms with Crippen LogP contribution in [0.3, 0.4) is 0 Å². The summed E-state index contributed by atoms with van der Waals surface area (Å²) in [6.07, 6.45) is 0. The molecule has 0 bridgehead atoms. The van der Waals surface area contributed by atoms with Gasteiger partial charge in [0.2, 0.25) is 0 Å². The number of carbonyl (C=O) groups excluding carboxylic acids is 1. The van der Waals surface area contributed by atoms with E-state index in [-0.39, 0.29) is 24.5 Å². The lowest BCUT2D eigenvalue weighted by molar-refractivity contribution is 0.102. The monoisotopic (exact) mass is 370 g/mol. The van der Waals surface area contributed by atoms with E-state index in [0.717, 1.165) is 11.6 Å². The average molecular weight is 370 g/mol. The Morgan fingerprint density at radius 2 is 1.96 bits per heavy atom. The largest absolute Gasteiger partial charge is 0.491 e. The number of anilines is 1. The molecular weight excluding hydrogens is 351 g/mol. The molecule has 7 heteroatoms. The Hall–Kier alpha value is -3.19. The van der Waals surface area contributed by atoms with Crippen LogP contribution in [0.4, 0.5) is 10.1 Å². The summed E-state index contributed by atoms with van der Waals surface area (Å²) in [7, 11) is 0. The number of nitrogens with one attached hydrogen (secondary N) is 1. The van der Waals surface area contributed by atoms with E-state index in [1.165, 1.54) is 18.2 Å². The molecule has 3 N–H and O–H groups in total. The van der Waals surface area contributed by atoms with Crippen molar-refractivity contribution in [3.05, 3.63) is 69.3 Å². The summed E-state index contributed by atoms with van der Waals surface area (Å²) >= 11 is 0. The smallest absolute Gasteiger partial charge is 0.336 e. The van der Waals surface area contributed by atoms with Crippen LogP contribution < -0.4 is 21.4 Å². The van der Waals surface area contributed by atoms with Crippen LogP contribution >= 0.6 is 0 Å². The SMILES string of the molecule is Cc1cc2oc(=O)cc(C)c2cc1NC(=O)c1cc(F)ccc1OCCN. The molecule has 0 saturated carbocycles. The van der Waals surface area contributed by atoms with Crippen molar-refractivity contribution < 1.29 is 18.3 Å². The molecule has 3 aromatic rings. The van der Waals surface area contributed by atoms with Gasteiger partial charge >= 0.3 is 5.63 Å². The van der Waals surface area contributed by atoms with Gasteiger partial charge in [-0.15, -0.1) is 0 Å². The Balaban J connectivity index is 1.98. The fourth-order valence-corrected chi connectivity index (χ4v) is 2.77. The maximum absolute atomic E-state index is 13.6. The molecule has 0 spiro atoms. The Bertz CT molecular complexity index is 1080. The second kappa shape index (κ2) is 7.59. The van der Waals surface area contributed by atoms with Gasteiger partial charge in [-0.3, -0.25) is 4.79 Å². The molecule has 0 radical (unpaired) electrons. The molecule has 0 saturated heterocycles. The van der Waals surface area contributed by atoms with Crippen LogP contribution in [0.2, 0.25) is 0 Å². The lowest BCUT2D eigenvalue weighted by Crippen LogP contribution is -2.17. The lowest BCUT2D eigenvalue weighted by Gasteiger charge is -2.13. The molecule has 27 heavy (non-hydrogen) atoms. The average Bonchev–Trinajstić information content (AvgIpc) is 2.61. The summed E-state index contributed by atoms with van der Waals surface area (Å²) in [5, 5.41) is 3.47. The Morgan fingerprint density at radius 1 is 1.19 bits per heavy atom. The molecule has 0 atom stereocenters. The highest BCUT2D eigenvalue weighted by molar-refractivity contribution is 6.07. The number of hydrogen-bond acceptors (Lipinski definition) is 5. The summed E-state index contributed by atoms with van der Waals surface area (Å²) in [5.41, 5.74) is 7.45. The third-order valence-corrected chi connectivity index (χ3v) is 4.11. The number of aryl methyl sites for hydroxylation is 2. The van der Waals surface area contributed by atoms with E-state index >= 15 is 0 Å². The maximum atomic E-state index is 13.6. The van der Waals surface area contributed by atoms with E-state index in [0.29, 0.717) is 22.2 Å². The van der Waals surface area contributed by atoms with Crippen molar-refractivity contribution in [2.45, 2.75) is 13.8 Å². The van der Waals surface area contributed by atoms with Gasteiger partial charge in [0, 0.05) is 23.7 Å². The van der Waals surface area contributed by atoms with Gasteiger partial charge < -0.3 is 20.2 Å². The van der Waals surface area contributed by atoms with Crippen LogP contribution in [0.5, 0.6) is 5.75 Å². The Labute approximate surface area is 154 Å². The topological polar surface area (TPSA) is 94.6 Å². The molecule has 6 nitrogen and oxygen atoms in total. The minimum atomic E-state index is -0.548. The van der Waals surface area contributed by atoms with E-state index in [9.17, 15) is 14.0 Å². The predicted molar refractivity (Wildman–Crippen MR) is 101 cm³/mol. The minimum absolute atomic E-state index is 0.0688. The molecule has 2 aromatic carbocycles. The van der Waals surface area contributed by atoms with Crippen molar-refractivity contribution in [3.63, 3.8) is 0 Å². The minimum Gasteiger partial charge on any atom is -0.491 e. The number of hydrogen-bond donors (Lipinski definition) is 2. The first-order valence-electron chi connectivity index (χ1n) is 8.38. The van der Waals surface area contributed by atoms with Gasteiger partial charge in [-0.25, -0.2) is 9.18 Å². The fourth-order valence-electron chi connectivity index (χ4n) is 2.77. The van der Waals surface area contributed by atoms with Crippen LogP contribution in [0.15, 0.2) is 45.6 Å². The number of amides is 1. The van der Waals surface area contributed by atoms with E-state index in [1.54, 1.807) is 26.0 Å². The van der Waals surface area contributed by atoms with Gasteiger partial charge in [-0.2, -0.15) is 0 Å². The number of nitrogens with two attached hydrogens (primary N) is 1. The first kappa shape index (κ1) is 18.6. The number of carbonyl (C=O) groups is 1. The summed E-state index contributed by atoms with van der Waals surface area (Å²) in [5.74, 6) is -0.813. The van der Waals surface area contributed by atoms with Crippen molar-refractivity contribution in [1.82, 2.24) is 0 Å². The van der Waals surface area contributed by atoms with Gasteiger partial charge in [0.15, 0.2) is 0 Å². The van der Waals surface area contributed by atoms with E-state index in [4.69, 9.17) is 14.9 Å². The van der Waals surface area contributed by atoms with Crippen molar-refractivity contribution in [2.75, 3.05) is 18.5 Å². The van der Waals surface area contributed by atoms with E-state index in [1.807, 2.05) is 0 Å². The second-order valence-electron chi connectivity index (χ2n) is 6.14. The zero-order chi connectivity index (χ0) is 19.6. The fraction of sp³-hybridized carbons (Fsp3) is 0.200. The first-order valence-corrected chi connectivity index (χ1v) is 8.38. The molecule has 1 aromatic heterocycles. The molecule has 3 rings (SSSR count). The molecule has 0 aliphatic heterocycles. The Morgan fingerprint density at radius 3 is 2.70 bits per heavy atom. The normalized spacial score (nSPS) is 10.8. The standard InChI is InChI=1S/C20H19FN2O4/c1-11-8-19(24)27-18-7-12(2)16(10-14(11)18)23-20(25)15-9-13(21)3-4-17(15)26-6-5-22/h3-4,7-10H,5-6,22H2,1-2H3,(H,23,25). The van der Waals surface area contributed by atoms with Crippen LogP contribution in [0.1, 0.15) is 21.5 Å². The third-order valence-electron chi connectivity index (χ3n) is 4.11. The first-order chi connectivity index (χ1) is 12.9. The maximum Gasteiger partial charge on any atom is 0.336 e. The molecule has 1 amide bonds. The summed E-state index contributed by atoms with van der Waals surface area (Å²) in [6.45, 7) is 4.03. The lowest BCUT2D eigenvalue weighted by atomic mass is 10.1. The van der Waals surface area contributed by atoms with Crippen LogP contribution in [0, 0.1) is 19.7 Å². The number of ether oxygens (including phenoxy) is 1. The summed E-state index contributed by atoms with van der Waals surface area (Å²) < 4.78 is 24.3. The molecule has 0 fully saturated rings. The van der Waals surface area contributed by atoms with E-state index in [2.05, 4.69) is 5.32 Å². The van der Waals surface area contributed by atoms with Gasteiger partial charge in [-0.1, -0.05) is 0 Å². The van der Waals surface area contributed by atoms with Gasteiger partial charge in [0.05, 0.1) is 5.56 Å². The number of fused-ring (bicyclic) bond motifs is 1. The number of benzene rings is 2. The number of halogens is 1. The van der Waals surface area contributed by atoms with Crippen molar-refractivity contribution >= 4 is 22.6 Å². The van der Waals surface area contributed by atoms with Crippen molar-refractivity contribution in [1.29, 1.82) is 0 Å². The molecule has 1 heterocycles. The van der Waals surface area contributed by atoms with Crippen molar-refractivity contribution in [2.24, 2.45) is 5.73 Å². The number of rotatable bonds is 5. The highest BCUT2D eigenvalue weighted by atomic mass is 19.1. The van der Waals surface area contributed by atoms with Crippen LogP contribution in [0.25, 0.3) is 11.0 Å². The Kier molecular flexibility index (Phi) is 5.23. The van der Waals surface area contributed by atoms with E-state index < -0.39 is 17.3 Å². The van der Waals surface area contributed by atoms with Gasteiger partial charge in [0.25, 0.3) is 5.91 Å². The quantitative estimate of drug-likeness (QED) is 0.673. The second-order valence-corrected chi connectivity index (χ2v) is 6.14. The molecule has 0 unspecified atom stereocenters. The zero-order valence-corrected chi connectivity index (χ0v) is 15.0. The highest BCUT2D eigenvalue weighted by Crippen LogP contribution is 2.27.